The molecule has 0 aliphatic heterocycles. The van der Waals surface area contributed by atoms with Crippen LogP contribution in [0.4, 0.5) is 4.39 Å². The first-order valence-electron chi connectivity index (χ1n) is 4.85. The van der Waals surface area contributed by atoms with Crippen LogP contribution in [-0.4, -0.2) is 21.0 Å². The summed E-state index contributed by atoms with van der Waals surface area (Å²) in [5.41, 5.74) is 5.70. The van der Waals surface area contributed by atoms with Crippen LogP contribution in [0, 0.1) is 12.7 Å². The maximum absolute atomic E-state index is 12.8. The van der Waals surface area contributed by atoms with Crippen molar-refractivity contribution < 1.29 is 12.8 Å². The maximum atomic E-state index is 12.8. The van der Waals surface area contributed by atoms with Gasteiger partial charge in [0.2, 0.25) is 10.0 Å². The fourth-order valence-electron chi connectivity index (χ4n) is 1.29. The zero-order valence-corrected chi connectivity index (χ0v) is 10.0. The molecule has 0 fully saturated rings. The van der Waals surface area contributed by atoms with Gasteiger partial charge >= 0.3 is 0 Å². The van der Waals surface area contributed by atoms with Gasteiger partial charge in [-0.15, -0.1) is 0 Å². The molecule has 0 bridgehead atoms. The molecule has 0 saturated carbocycles. The molecule has 1 aromatic rings. The number of benzene rings is 1. The van der Waals surface area contributed by atoms with Gasteiger partial charge in [0.15, 0.2) is 0 Å². The van der Waals surface area contributed by atoms with Gasteiger partial charge in [-0.1, -0.05) is 0 Å². The molecule has 0 spiro atoms. The van der Waals surface area contributed by atoms with Crippen molar-refractivity contribution >= 4 is 10.0 Å². The molecule has 1 rings (SSSR count). The lowest BCUT2D eigenvalue weighted by Gasteiger charge is -2.13. The molecular formula is C10H15FN2O2S. The quantitative estimate of drug-likeness (QED) is 0.823. The lowest BCUT2D eigenvalue weighted by molar-refractivity contribution is 0.561. The van der Waals surface area contributed by atoms with Crippen LogP contribution in [0.5, 0.6) is 0 Å². The van der Waals surface area contributed by atoms with Crippen molar-refractivity contribution in [2.75, 3.05) is 6.54 Å². The fourth-order valence-corrected chi connectivity index (χ4v) is 2.77. The Morgan fingerprint density at radius 1 is 1.50 bits per heavy atom. The van der Waals surface area contributed by atoms with E-state index in [2.05, 4.69) is 4.72 Å². The predicted molar refractivity (Wildman–Crippen MR) is 60.0 cm³/mol. The van der Waals surface area contributed by atoms with E-state index in [1.807, 2.05) is 0 Å². The number of nitrogens with two attached hydrogens (primary N) is 1. The highest BCUT2D eigenvalue weighted by molar-refractivity contribution is 7.89. The van der Waals surface area contributed by atoms with Crippen molar-refractivity contribution in [1.29, 1.82) is 0 Å². The average molecular weight is 246 g/mol. The van der Waals surface area contributed by atoms with Gasteiger partial charge in [0, 0.05) is 12.6 Å². The smallest absolute Gasteiger partial charge is 0.241 e. The highest BCUT2D eigenvalue weighted by Crippen LogP contribution is 2.16. The summed E-state index contributed by atoms with van der Waals surface area (Å²) in [6.07, 6.45) is 0. The predicted octanol–water partition coefficient (Wildman–Crippen LogP) is 0.760. The van der Waals surface area contributed by atoms with Crippen molar-refractivity contribution in [3.8, 4) is 0 Å². The SMILES string of the molecule is Cc1cc(F)ccc1S(=O)(=O)N[C@@H](C)CN. The monoisotopic (exact) mass is 246 g/mol. The third-order valence-electron chi connectivity index (χ3n) is 2.14. The molecular weight excluding hydrogens is 231 g/mol. The molecule has 3 N–H and O–H groups in total. The van der Waals surface area contributed by atoms with E-state index in [0.29, 0.717) is 5.56 Å². The summed E-state index contributed by atoms with van der Waals surface area (Å²) in [5, 5.41) is 0. The lowest BCUT2D eigenvalue weighted by atomic mass is 10.2. The first-order valence-corrected chi connectivity index (χ1v) is 6.33. The molecule has 0 amide bonds. The number of sulfonamides is 1. The van der Waals surface area contributed by atoms with Crippen LogP contribution in [0.3, 0.4) is 0 Å². The minimum absolute atomic E-state index is 0.0780. The van der Waals surface area contributed by atoms with Gasteiger partial charge in [-0.05, 0) is 37.6 Å². The molecule has 6 heteroatoms. The number of hydrogen-bond acceptors (Lipinski definition) is 3. The molecule has 0 radical (unpaired) electrons. The van der Waals surface area contributed by atoms with E-state index >= 15 is 0 Å². The van der Waals surface area contributed by atoms with Crippen molar-refractivity contribution in [3.05, 3.63) is 29.6 Å². The number of hydrogen-bond donors (Lipinski definition) is 2. The van der Waals surface area contributed by atoms with Gasteiger partial charge in [0.05, 0.1) is 4.90 Å². The third-order valence-corrected chi connectivity index (χ3v) is 3.89. The van der Waals surface area contributed by atoms with Crippen LogP contribution >= 0.6 is 0 Å². The van der Waals surface area contributed by atoms with E-state index < -0.39 is 15.8 Å². The summed E-state index contributed by atoms with van der Waals surface area (Å²) >= 11 is 0. The van der Waals surface area contributed by atoms with E-state index in [0.717, 1.165) is 6.07 Å². The Hall–Kier alpha value is -0.980. The van der Waals surface area contributed by atoms with E-state index in [1.165, 1.54) is 12.1 Å². The Bertz CT molecular complexity index is 474. The first kappa shape index (κ1) is 13.1. The highest BCUT2D eigenvalue weighted by atomic mass is 32.2. The number of rotatable bonds is 4. The van der Waals surface area contributed by atoms with E-state index in [9.17, 15) is 12.8 Å². The minimum atomic E-state index is -3.62. The highest BCUT2D eigenvalue weighted by Gasteiger charge is 2.18. The summed E-state index contributed by atoms with van der Waals surface area (Å²) in [6.45, 7) is 3.42. The molecule has 4 nitrogen and oxygen atoms in total. The average Bonchev–Trinajstić information content (AvgIpc) is 2.16. The number of halogens is 1. The second kappa shape index (κ2) is 4.90. The first-order chi connectivity index (χ1) is 7.36. The van der Waals surface area contributed by atoms with E-state index in [1.54, 1.807) is 13.8 Å². The second-order valence-corrected chi connectivity index (χ2v) is 5.35. The van der Waals surface area contributed by atoms with Crippen molar-refractivity contribution in [3.63, 3.8) is 0 Å². The van der Waals surface area contributed by atoms with Crippen LogP contribution in [0.15, 0.2) is 23.1 Å². The number of nitrogens with one attached hydrogen (secondary N) is 1. The van der Waals surface area contributed by atoms with Gasteiger partial charge < -0.3 is 5.73 Å². The Morgan fingerprint density at radius 2 is 2.12 bits per heavy atom. The van der Waals surface area contributed by atoms with Crippen LogP contribution in [0.25, 0.3) is 0 Å². The van der Waals surface area contributed by atoms with Crippen LogP contribution in [-0.2, 0) is 10.0 Å². The van der Waals surface area contributed by atoms with Crippen molar-refractivity contribution in [1.82, 2.24) is 4.72 Å². The van der Waals surface area contributed by atoms with Gasteiger partial charge in [0.1, 0.15) is 5.82 Å². The van der Waals surface area contributed by atoms with Crippen molar-refractivity contribution in [2.24, 2.45) is 5.73 Å². The molecule has 1 atom stereocenters. The molecule has 0 saturated heterocycles. The van der Waals surface area contributed by atoms with E-state index in [4.69, 9.17) is 5.73 Å². The summed E-state index contributed by atoms with van der Waals surface area (Å²) in [6, 6.07) is 3.20. The molecule has 90 valence electrons. The summed E-state index contributed by atoms with van der Waals surface area (Å²) in [5.74, 6) is -0.455. The molecule has 0 aromatic heterocycles. The van der Waals surface area contributed by atoms with Crippen LogP contribution < -0.4 is 10.5 Å². The Kier molecular flexibility index (Phi) is 4.01. The number of aryl methyl sites for hydroxylation is 1. The van der Waals surface area contributed by atoms with Crippen molar-refractivity contribution in [2.45, 2.75) is 24.8 Å². The summed E-state index contributed by atoms with van der Waals surface area (Å²) < 4.78 is 38.9. The normalized spacial score (nSPS) is 13.8. The van der Waals surface area contributed by atoms with Crippen LogP contribution in [0.1, 0.15) is 12.5 Å². The van der Waals surface area contributed by atoms with E-state index in [-0.39, 0.29) is 17.5 Å². The molecule has 0 aliphatic rings. The minimum Gasteiger partial charge on any atom is -0.329 e. The Balaban J connectivity index is 3.08. The van der Waals surface area contributed by atoms with Gasteiger partial charge in [-0.3, -0.25) is 0 Å². The molecule has 0 unspecified atom stereocenters. The van der Waals surface area contributed by atoms with Gasteiger partial charge in [0.25, 0.3) is 0 Å². The zero-order valence-electron chi connectivity index (χ0n) is 9.20. The van der Waals surface area contributed by atoms with Gasteiger partial charge in [-0.2, -0.15) is 0 Å². The topological polar surface area (TPSA) is 72.2 Å². The maximum Gasteiger partial charge on any atom is 0.241 e. The summed E-state index contributed by atoms with van der Waals surface area (Å²) in [4.78, 5) is 0.0780. The Labute approximate surface area is 94.7 Å². The summed E-state index contributed by atoms with van der Waals surface area (Å²) in [7, 11) is -3.62. The second-order valence-electron chi connectivity index (χ2n) is 3.67. The molecule has 0 aliphatic carbocycles. The molecule has 0 heterocycles. The zero-order chi connectivity index (χ0) is 12.3. The lowest BCUT2D eigenvalue weighted by Crippen LogP contribution is -2.38. The molecule has 1 aromatic carbocycles. The Morgan fingerprint density at radius 3 is 2.62 bits per heavy atom. The van der Waals surface area contributed by atoms with Gasteiger partial charge in [-0.25, -0.2) is 17.5 Å². The standard InChI is InChI=1S/C10H15FN2O2S/c1-7-5-9(11)3-4-10(7)16(14,15)13-8(2)6-12/h3-5,8,13H,6,12H2,1-2H3/t8-/m0/s1. The van der Waals surface area contributed by atoms with Crippen LogP contribution in [0.2, 0.25) is 0 Å². The largest absolute Gasteiger partial charge is 0.329 e. The fraction of sp³-hybridized carbons (Fsp3) is 0.400. The molecule has 16 heavy (non-hydrogen) atoms. The third kappa shape index (κ3) is 3.01.